The lowest BCUT2D eigenvalue weighted by Gasteiger charge is -2.19. The van der Waals surface area contributed by atoms with Crippen LogP contribution in [0.4, 0.5) is 10.7 Å². The van der Waals surface area contributed by atoms with Crippen LogP contribution in [-0.4, -0.2) is 26.3 Å². The van der Waals surface area contributed by atoms with Crippen molar-refractivity contribution in [3.8, 4) is 11.1 Å². The Morgan fingerprint density at radius 1 is 1.31 bits per heavy atom. The number of anilines is 1. The van der Waals surface area contributed by atoms with Crippen LogP contribution in [0.5, 0.6) is 0 Å². The summed E-state index contributed by atoms with van der Waals surface area (Å²) in [5.74, 6) is 0.236. The molecule has 3 rings (SSSR count). The van der Waals surface area contributed by atoms with E-state index in [1.807, 2.05) is 64.2 Å². The zero-order valence-electron chi connectivity index (χ0n) is 15.4. The van der Waals surface area contributed by atoms with Gasteiger partial charge in [-0.05, 0) is 56.5 Å². The number of fused-ring (bicyclic) bond motifs is 1. The van der Waals surface area contributed by atoms with E-state index < -0.39 is 11.7 Å². The highest BCUT2D eigenvalue weighted by molar-refractivity contribution is 5.78. The number of amides is 1. The van der Waals surface area contributed by atoms with E-state index in [2.05, 4.69) is 15.4 Å². The molecule has 3 aromatic rings. The molecular weight excluding hydrogens is 330 g/mol. The third-order valence-electron chi connectivity index (χ3n) is 3.66. The second kappa shape index (κ2) is 6.67. The smallest absolute Gasteiger partial charge is 0.407 e. The number of alkyl carbamates (subject to hydrolysis) is 1. The molecule has 0 fully saturated rings. The van der Waals surface area contributed by atoms with E-state index in [0.717, 1.165) is 22.3 Å². The van der Waals surface area contributed by atoms with Gasteiger partial charge in [-0.3, -0.25) is 0 Å². The average molecular weight is 353 g/mol. The Morgan fingerprint density at radius 2 is 2.08 bits per heavy atom. The third-order valence-corrected chi connectivity index (χ3v) is 3.66. The van der Waals surface area contributed by atoms with Gasteiger partial charge in [-0.25, -0.2) is 9.31 Å². The number of nitrogens with two attached hydrogens (primary N) is 1. The number of pyridine rings is 1. The lowest BCUT2D eigenvalue weighted by Crippen LogP contribution is -2.32. The highest BCUT2D eigenvalue weighted by Crippen LogP contribution is 2.26. The molecule has 0 unspecified atom stereocenters. The van der Waals surface area contributed by atoms with Crippen LogP contribution in [0, 0.1) is 6.92 Å². The number of carbonyl (C=O) groups excluding carboxylic acids is 1. The molecule has 0 aliphatic carbocycles. The van der Waals surface area contributed by atoms with E-state index >= 15 is 0 Å². The molecule has 0 spiro atoms. The molecule has 7 nitrogen and oxygen atoms in total. The second-order valence-electron chi connectivity index (χ2n) is 7.23. The molecule has 3 N–H and O–H groups in total. The quantitative estimate of drug-likeness (QED) is 0.753. The summed E-state index contributed by atoms with van der Waals surface area (Å²) < 4.78 is 6.95. The van der Waals surface area contributed by atoms with Gasteiger partial charge in [0.05, 0.1) is 0 Å². The van der Waals surface area contributed by atoms with Gasteiger partial charge in [-0.2, -0.15) is 4.98 Å². The second-order valence-corrected chi connectivity index (χ2v) is 7.23. The molecule has 26 heavy (non-hydrogen) atoms. The standard InChI is InChI=1S/C19H23N5O2/c1-12-8-15(16-22-17(20)23-24(16)11-12)14-7-5-6-13(9-14)10-21-18(25)26-19(2,3)4/h5-9,11H,10H2,1-4H3,(H2,20,23)(H,21,25). The molecule has 1 aromatic carbocycles. The molecule has 0 aliphatic rings. The minimum atomic E-state index is -0.521. The number of aryl methyl sites for hydroxylation is 1. The van der Waals surface area contributed by atoms with Gasteiger partial charge in [0.1, 0.15) is 5.60 Å². The van der Waals surface area contributed by atoms with Gasteiger partial charge in [0, 0.05) is 18.3 Å². The fourth-order valence-corrected chi connectivity index (χ4v) is 2.69. The Labute approximate surface area is 152 Å². The van der Waals surface area contributed by atoms with Crippen molar-refractivity contribution in [2.45, 2.75) is 39.8 Å². The Balaban J connectivity index is 1.85. The largest absolute Gasteiger partial charge is 0.444 e. The maximum atomic E-state index is 11.8. The fourth-order valence-electron chi connectivity index (χ4n) is 2.69. The van der Waals surface area contributed by atoms with Crippen molar-refractivity contribution in [1.82, 2.24) is 19.9 Å². The van der Waals surface area contributed by atoms with Crippen molar-refractivity contribution in [2.75, 3.05) is 5.73 Å². The number of nitrogen functional groups attached to an aromatic ring is 1. The van der Waals surface area contributed by atoms with Gasteiger partial charge in [0.25, 0.3) is 0 Å². The number of ether oxygens (including phenoxy) is 1. The predicted molar refractivity (Wildman–Crippen MR) is 101 cm³/mol. The first kappa shape index (κ1) is 17.7. The molecule has 1 amide bonds. The Bertz CT molecular complexity index is 956. The molecule has 0 saturated heterocycles. The van der Waals surface area contributed by atoms with Crippen molar-refractivity contribution in [1.29, 1.82) is 0 Å². The minimum absolute atomic E-state index is 0.236. The van der Waals surface area contributed by atoms with Crippen LogP contribution in [0.1, 0.15) is 31.9 Å². The number of aromatic nitrogens is 3. The number of nitrogens with zero attached hydrogens (tertiary/aromatic N) is 3. The summed E-state index contributed by atoms with van der Waals surface area (Å²) >= 11 is 0. The van der Waals surface area contributed by atoms with Gasteiger partial charge in [-0.1, -0.05) is 18.2 Å². The van der Waals surface area contributed by atoms with E-state index in [1.54, 1.807) is 4.52 Å². The van der Waals surface area contributed by atoms with Crippen molar-refractivity contribution in [3.63, 3.8) is 0 Å². The van der Waals surface area contributed by atoms with Gasteiger partial charge in [0.2, 0.25) is 5.95 Å². The molecule has 2 heterocycles. The van der Waals surface area contributed by atoms with Crippen molar-refractivity contribution in [2.24, 2.45) is 0 Å². The summed E-state index contributed by atoms with van der Waals surface area (Å²) in [4.78, 5) is 16.2. The Morgan fingerprint density at radius 3 is 2.81 bits per heavy atom. The number of benzene rings is 1. The van der Waals surface area contributed by atoms with Gasteiger partial charge >= 0.3 is 6.09 Å². The highest BCUT2D eigenvalue weighted by Gasteiger charge is 2.16. The van der Waals surface area contributed by atoms with Gasteiger partial charge < -0.3 is 15.8 Å². The van der Waals surface area contributed by atoms with Crippen LogP contribution in [0.3, 0.4) is 0 Å². The van der Waals surface area contributed by atoms with Gasteiger partial charge in [0.15, 0.2) is 5.65 Å². The summed E-state index contributed by atoms with van der Waals surface area (Å²) in [6.45, 7) is 7.87. The van der Waals surface area contributed by atoms with Crippen molar-refractivity contribution in [3.05, 3.63) is 47.7 Å². The molecule has 2 aromatic heterocycles. The zero-order chi connectivity index (χ0) is 18.9. The van der Waals surface area contributed by atoms with Crippen LogP contribution in [-0.2, 0) is 11.3 Å². The zero-order valence-corrected chi connectivity index (χ0v) is 15.4. The molecule has 0 radical (unpaired) electrons. The van der Waals surface area contributed by atoms with E-state index in [1.165, 1.54) is 0 Å². The summed E-state index contributed by atoms with van der Waals surface area (Å²) in [7, 11) is 0. The Kier molecular flexibility index (Phi) is 4.54. The maximum Gasteiger partial charge on any atom is 0.407 e. The molecule has 0 saturated carbocycles. The van der Waals surface area contributed by atoms with E-state index in [9.17, 15) is 4.79 Å². The fraction of sp³-hybridized carbons (Fsp3) is 0.316. The first-order chi connectivity index (χ1) is 12.2. The highest BCUT2D eigenvalue weighted by atomic mass is 16.6. The number of hydrogen-bond acceptors (Lipinski definition) is 5. The summed E-state index contributed by atoms with van der Waals surface area (Å²) in [6.07, 6.45) is 1.45. The lowest BCUT2D eigenvalue weighted by molar-refractivity contribution is 0.0523. The maximum absolute atomic E-state index is 11.8. The molecule has 7 heteroatoms. The molecular formula is C19H23N5O2. The van der Waals surface area contributed by atoms with Crippen LogP contribution in [0.15, 0.2) is 36.5 Å². The average Bonchev–Trinajstić information content (AvgIpc) is 2.90. The van der Waals surface area contributed by atoms with Crippen LogP contribution >= 0.6 is 0 Å². The SMILES string of the molecule is Cc1cc(-c2cccc(CNC(=O)OC(C)(C)C)c2)c2nc(N)nn2c1. The molecule has 136 valence electrons. The lowest BCUT2D eigenvalue weighted by atomic mass is 10.0. The first-order valence-electron chi connectivity index (χ1n) is 8.40. The molecule has 0 atom stereocenters. The number of hydrogen-bond donors (Lipinski definition) is 2. The summed E-state index contributed by atoms with van der Waals surface area (Å²) in [5.41, 5.74) is 9.85. The number of nitrogens with one attached hydrogen (secondary N) is 1. The number of rotatable bonds is 3. The van der Waals surface area contributed by atoms with Crippen LogP contribution < -0.4 is 11.1 Å². The van der Waals surface area contributed by atoms with Crippen LogP contribution in [0.2, 0.25) is 0 Å². The van der Waals surface area contributed by atoms with E-state index in [0.29, 0.717) is 12.2 Å². The van der Waals surface area contributed by atoms with Gasteiger partial charge in [-0.15, -0.1) is 5.10 Å². The summed E-state index contributed by atoms with van der Waals surface area (Å²) in [5, 5.41) is 6.96. The third kappa shape index (κ3) is 4.11. The Hall–Kier alpha value is -3.09. The molecule has 0 bridgehead atoms. The first-order valence-corrected chi connectivity index (χ1v) is 8.40. The monoisotopic (exact) mass is 353 g/mol. The summed E-state index contributed by atoms with van der Waals surface area (Å²) in [6, 6.07) is 9.95. The van der Waals surface area contributed by atoms with E-state index in [-0.39, 0.29) is 5.95 Å². The minimum Gasteiger partial charge on any atom is -0.444 e. The normalized spacial score (nSPS) is 11.5. The molecule has 0 aliphatic heterocycles. The predicted octanol–water partition coefficient (Wildman–Crippen LogP) is 3.31. The van der Waals surface area contributed by atoms with Crippen molar-refractivity contribution < 1.29 is 9.53 Å². The van der Waals surface area contributed by atoms with Crippen molar-refractivity contribution >= 4 is 17.7 Å². The topological polar surface area (TPSA) is 94.5 Å². The van der Waals surface area contributed by atoms with E-state index in [4.69, 9.17) is 10.5 Å². The van der Waals surface area contributed by atoms with Crippen LogP contribution in [0.25, 0.3) is 16.8 Å². The number of carbonyl (C=O) groups is 1.